The van der Waals surface area contributed by atoms with Gasteiger partial charge in [-0.3, -0.25) is 4.90 Å². The maximum Gasteiger partial charge on any atom is 0.225 e. The lowest BCUT2D eigenvalue weighted by Crippen LogP contribution is -2.47. The summed E-state index contributed by atoms with van der Waals surface area (Å²) in [4.78, 5) is 17.4. The summed E-state index contributed by atoms with van der Waals surface area (Å²) in [5, 5.41) is 12.0. The molecule has 162 valence electrons. The molecule has 0 saturated carbocycles. The number of nitriles is 1. The molecule has 0 radical (unpaired) electrons. The van der Waals surface area contributed by atoms with Crippen molar-refractivity contribution < 1.29 is 0 Å². The number of benzene rings is 2. The van der Waals surface area contributed by atoms with Gasteiger partial charge in [0.25, 0.3) is 0 Å². The highest BCUT2D eigenvalue weighted by atomic mass is 35.5. The number of hydrogen-bond donors (Lipinski definition) is 1. The van der Waals surface area contributed by atoms with Crippen LogP contribution in [0.25, 0.3) is 21.8 Å². The number of nitrogens with zero attached hydrogens (tertiary/aromatic N) is 5. The van der Waals surface area contributed by atoms with Crippen LogP contribution in [0.3, 0.4) is 0 Å². The number of rotatable bonds is 6. The molecule has 2 aromatic carbocycles. The highest BCUT2D eigenvalue weighted by Crippen LogP contribution is 2.22. The second kappa shape index (κ2) is 9.15. The monoisotopic (exact) mass is 444 g/mol. The Kier molecular flexibility index (Phi) is 5.93. The molecule has 1 N–H and O–H groups in total. The van der Waals surface area contributed by atoms with E-state index < -0.39 is 0 Å². The molecule has 2 aromatic heterocycles. The second-order valence-electron chi connectivity index (χ2n) is 8.35. The van der Waals surface area contributed by atoms with Gasteiger partial charge in [-0.05, 0) is 67.8 Å². The second-order valence-corrected chi connectivity index (χ2v) is 8.78. The lowest BCUT2D eigenvalue weighted by molar-refractivity contribution is 0.252. The standard InChI is InChI=1S/C25H25ClN6/c26-21-5-7-23-20(14-21)17-29-25(30-23)32-11-9-31(10-12-32)8-2-1-3-19-16-28-24-6-4-18(15-27)13-22(19)24/h4-7,13-14,16-17,28H,1-3,8-12H2. The van der Waals surface area contributed by atoms with E-state index in [0.29, 0.717) is 5.02 Å². The van der Waals surface area contributed by atoms with Crippen LogP contribution < -0.4 is 4.90 Å². The van der Waals surface area contributed by atoms with E-state index in [1.54, 1.807) is 0 Å². The first-order chi connectivity index (χ1) is 15.7. The Labute approximate surface area is 192 Å². The zero-order chi connectivity index (χ0) is 21.9. The molecule has 0 bridgehead atoms. The molecule has 1 saturated heterocycles. The summed E-state index contributed by atoms with van der Waals surface area (Å²) in [6.07, 6.45) is 7.28. The lowest BCUT2D eigenvalue weighted by atomic mass is 10.1. The van der Waals surface area contributed by atoms with Crippen molar-refractivity contribution in [2.24, 2.45) is 0 Å². The smallest absolute Gasteiger partial charge is 0.225 e. The fourth-order valence-corrected chi connectivity index (χ4v) is 4.60. The maximum atomic E-state index is 9.15. The van der Waals surface area contributed by atoms with Gasteiger partial charge in [0.15, 0.2) is 0 Å². The largest absolute Gasteiger partial charge is 0.361 e. The molecule has 4 aromatic rings. The van der Waals surface area contributed by atoms with Gasteiger partial charge in [-0.2, -0.15) is 5.26 Å². The van der Waals surface area contributed by atoms with Crippen LogP contribution >= 0.6 is 11.6 Å². The van der Waals surface area contributed by atoms with Gasteiger partial charge in [-0.15, -0.1) is 0 Å². The molecular formula is C25H25ClN6. The Bertz CT molecular complexity index is 1280. The SMILES string of the molecule is N#Cc1ccc2[nH]cc(CCCCN3CCN(c4ncc5cc(Cl)ccc5n4)CC3)c2c1. The zero-order valence-corrected chi connectivity index (χ0v) is 18.6. The van der Waals surface area contributed by atoms with Crippen LogP contribution in [0, 0.1) is 11.3 Å². The summed E-state index contributed by atoms with van der Waals surface area (Å²) in [5.41, 5.74) is 4.06. The third kappa shape index (κ3) is 4.40. The van der Waals surface area contributed by atoms with Crippen molar-refractivity contribution in [1.82, 2.24) is 19.9 Å². The third-order valence-electron chi connectivity index (χ3n) is 6.25. The molecule has 1 aliphatic rings. The molecule has 0 atom stereocenters. The third-order valence-corrected chi connectivity index (χ3v) is 6.49. The minimum atomic E-state index is 0.707. The normalized spacial score (nSPS) is 14.8. The Morgan fingerprint density at radius 3 is 2.78 bits per heavy atom. The lowest BCUT2D eigenvalue weighted by Gasteiger charge is -2.34. The average molecular weight is 445 g/mol. The molecule has 5 rings (SSSR count). The highest BCUT2D eigenvalue weighted by molar-refractivity contribution is 6.31. The molecule has 0 aliphatic carbocycles. The van der Waals surface area contributed by atoms with Crippen LogP contribution in [0.5, 0.6) is 0 Å². The first-order valence-electron chi connectivity index (χ1n) is 11.1. The number of fused-ring (bicyclic) bond motifs is 2. The van der Waals surface area contributed by atoms with Gasteiger partial charge in [-0.1, -0.05) is 11.6 Å². The predicted molar refractivity (Wildman–Crippen MR) is 129 cm³/mol. The Morgan fingerprint density at radius 2 is 1.94 bits per heavy atom. The van der Waals surface area contributed by atoms with Crippen LogP contribution in [0.4, 0.5) is 5.95 Å². The Morgan fingerprint density at radius 1 is 1.06 bits per heavy atom. The molecule has 1 aliphatic heterocycles. The highest BCUT2D eigenvalue weighted by Gasteiger charge is 2.19. The minimum absolute atomic E-state index is 0.707. The molecular weight excluding hydrogens is 420 g/mol. The molecule has 6 nitrogen and oxygen atoms in total. The fourth-order valence-electron chi connectivity index (χ4n) is 4.42. The first-order valence-corrected chi connectivity index (χ1v) is 11.5. The van der Waals surface area contributed by atoms with E-state index in [0.717, 1.165) is 79.9 Å². The average Bonchev–Trinajstić information content (AvgIpc) is 3.24. The van der Waals surface area contributed by atoms with Crippen molar-refractivity contribution in [1.29, 1.82) is 5.26 Å². The number of aromatic amines is 1. The van der Waals surface area contributed by atoms with Crippen LogP contribution in [0.15, 0.2) is 48.8 Å². The number of piperazine rings is 1. The Hall–Kier alpha value is -3.14. The van der Waals surface area contributed by atoms with Crippen molar-refractivity contribution in [3.05, 3.63) is 64.9 Å². The van der Waals surface area contributed by atoms with Crippen molar-refractivity contribution in [2.75, 3.05) is 37.6 Å². The summed E-state index contributed by atoms with van der Waals surface area (Å²) in [6, 6.07) is 13.8. The fraction of sp³-hybridized carbons (Fsp3) is 0.320. The summed E-state index contributed by atoms with van der Waals surface area (Å²) in [5.74, 6) is 0.801. The predicted octanol–water partition coefficient (Wildman–Crippen LogP) is 4.78. The molecule has 3 heterocycles. The number of halogens is 1. The number of aromatic nitrogens is 3. The topological polar surface area (TPSA) is 71.8 Å². The molecule has 7 heteroatoms. The van der Waals surface area contributed by atoms with E-state index >= 15 is 0 Å². The van der Waals surface area contributed by atoms with Crippen molar-refractivity contribution in [3.8, 4) is 6.07 Å². The summed E-state index contributed by atoms with van der Waals surface area (Å²) >= 11 is 6.06. The van der Waals surface area contributed by atoms with Gasteiger partial charge in [0.2, 0.25) is 5.95 Å². The van der Waals surface area contributed by atoms with Crippen molar-refractivity contribution in [2.45, 2.75) is 19.3 Å². The van der Waals surface area contributed by atoms with Crippen LogP contribution in [-0.2, 0) is 6.42 Å². The summed E-state index contributed by atoms with van der Waals surface area (Å²) in [7, 11) is 0. The number of anilines is 1. The van der Waals surface area contributed by atoms with E-state index in [-0.39, 0.29) is 0 Å². The van der Waals surface area contributed by atoms with Crippen LogP contribution in [0.2, 0.25) is 5.02 Å². The number of unbranched alkanes of at least 4 members (excludes halogenated alkanes) is 1. The van der Waals surface area contributed by atoms with E-state index in [1.165, 1.54) is 10.9 Å². The minimum Gasteiger partial charge on any atom is -0.361 e. The number of nitrogens with one attached hydrogen (secondary N) is 1. The number of aryl methyl sites for hydroxylation is 1. The molecule has 0 spiro atoms. The quantitative estimate of drug-likeness (QED) is 0.433. The van der Waals surface area contributed by atoms with Gasteiger partial charge in [-0.25, -0.2) is 9.97 Å². The van der Waals surface area contributed by atoms with Crippen LogP contribution in [-0.4, -0.2) is 52.6 Å². The van der Waals surface area contributed by atoms with Crippen molar-refractivity contribution in [3.63, 3.8) is 0 Å². The van der Waals surface area contributed by atoms with Crippen molar-refractivity contribution >= 4 is 39.4 Å². The summed E-state index contributed by atoms with van der Waals surface area (Å²) in [6.45, 7) is 5.05. The van der Waals surface area contributed by atoms with Gasteiger partial charge >= 0.3 is 0 Å². The molecule has 1 fully saturated rings. The molecule has 0 amide bonds. The zero-order valence-electron chi connectivity index (χ0n) is 17.9. The van der Waals surface area contributed by atoms with E-state index in [9.17, 15) is 0 Å². The van der Waals surface area contributed by atoms with E-state index in [1.807, 2.05) is 42.6 Å². The van der Waals surface area contributed by atoms with Gasteiger partial charge in [0.1, 0.15) is 0 Å². The van der Waals surface area contributed by atoms with E-state index in [4.69, 9.17) is 21.8 Å². The van der Waals surface area contributed by atoms with Gasteiger partial charge < -0.3 is 9.88 Å². The van der Waals surface area contributed by atoms with Gasteiger partial charge in [0, 0.05) is 59.9 Å². The maximum absolute atomic E-state index is 9.15. The first kappa shape index (κ1) is 20.7. The summed E-state index contributed by atoms with van der Waals surface area (Å²) < 4.78 is 0. The number of H-pyrrole nitrogens is 1. The number of hydrogen-bond acceptors (Lipinski definition) is 5. The molecule has 32 heavy (non-hydrogen) atoms. The molecule has 0 unspecified atom stereocenters. The van der Waals surface area contributed by atoms with Gasteiger partial charge in [0.05, 0.1) is 17.1 Å². The van der Waals surface area contributed by atoms with E-state index in [2.05, 4.69) is 32.0 Å². The Balaban J connectivity index is 1.10. The van der Waals surface area contributed by atoms with Crippen LogP contribution in [0.1, 0.15) is 24.0 Å².